The molecule has 1 rings (SSSR count). The van der Waals surface area contributed by atoms with Gasteiger partial charge in [-0.25, -0.2) is 4.99 Å². The van der Waals surface area contributed by atoms with Gasteiger partial charge >= 0.3 is 0 Å². The van der Waals surface area contributed by atoms with Crippen LogP contribution in [0.2, 0.25) is 0 Å². The topological polar surface area (TPSA) is 63.3 Å². The van der Waals surface area contributed by atoms with E-state index in [2.05, 4.69) is 22.2 Å². The minimum Gasteiger partial charge on any atom is -0.370 e. The highest BCUT2D eigenvalue weighted by atomic mass is 127. The first-order chi connectivity index (χ1) is 9.33. The quantitative estimate of drug-likeness (QED) is 0.294. The molecule has 0 bridgehead atoms. The fourth-order valence-electron chi connectivity index (χ4n) is 1.85. The van der Waals surface area contributed by atoms with Gasteiger partial charge in [-0.1, -0.05) is 45.1 Å². The van der Waals surface area contributed by atoms with Crippen molar-refractivity contribution in [1.82, 2.24) is 10.3 Å². The number of rotatable bonds is 9. The number of unbranched alkanes of at least 4 members (excludes halogenated alkanes) is 5. The van der Waals surface area contributed by atoms with E-state index in [-0.39, 0.29) is 24.0 Å². The first-order valence-corrected chi connectivity index (χ1v) is 7.25. The Labute approximate surface area is 139 Å². The Balaban J connectivity index is 0.00000361. The first kappa shape index (κ1) is 19.1. The van der Waals surface area contributed by atoms with Gasteiger partial charge in [-0.2, -0.15) is 0 Å². The van der Waals surface area contributed by atoms with Crippen LogP contribution in [0.15, 0.2) is 29.5 Å². The van der Waals surface area contributed by atoms with Gasteiger partial charge in [0.2, 0.25) is 0 Å². The Morgan fingerprint density at radius 2 is 2.00 bits per heavy atom. The summed E-state index contributed by atoms with van der Waals surface area (Å²) in [5.41, 5.74) is 6.88. The van der Waals surface area contributed by atoms with Crippen LogP contribution < -0.4 is 11.1 Å². The van der Waals surface area contributed by atoms with E-state index in [4.69, 9.17) is 5.73 Å². The molecule has 0 unspecified atom stereocenters. The van der Waals surface area contributed by atoms with Crippen molar-refractivity contribution in [2.24, 2.45) is 10.7 Å². The lowest BCUT2D eigenvalue weighted by molar-refractivity contribution is 0.601. The molecule has 0 fully saturated rings. The van der Waals surface area contributed by atoms with Crippen molar-refractivity contribution in [3.8, 4) is 0 Å². The van der Waals surface area contributed by atoms with E-state index < -0.39 is 0 Å². The molecule has 0 aromatic carbocycles. The van der Waals surface area contributed by atoms with Gasteiger partial charge in [-0.3, -0.25) is 4.98 Å². The maximum absolute atomic E-state index is 5.80. The molecule has 4 nitrogen and oxygen atoms in total. The third kappa shape index (κ3) is 10.00. The first-order valence-electron chi connectivity index (χ1n) is 7.25. The van der Waals surface area contributed by atoms with Gasteiger partial charge in [-0.05, 0) is 18.1 Å². The third-order valence-electron chi connectivity index (χ3n) is 2.99. The van der Waals surface area contributed by atoms with E-state index in [1.165, 1.54) is 32.1 Å². The summed E-state index contributed by atoms with van der Waals surface area (Å²) in [7, 11) is 0. The highest BCUT2D eigenvalue weighted by molar-refractivity contribution is 14.0. The number of pyridine rings is 1. The van der Waals surface area contributed by atoms with Crippen LogP contribution >= 0.6 is 24.0 Å². The van der Waals surface area contributed by atoms with Crippen molar-refractivity contribution in [3.05, 3.63) is 30.1 Å². The number of hydrogen-bond acceptors (Lipinski definition) is 2. The minimum absolute atomic E-state index is 0. The molecular formula is C15H27IN4. The summed E-state index contributed by atoms with van der Waals surface area (Å²) in [4.78, 5) is 8.33. The van der Waals surface area contributed by atoms with Gasteiger partial charge < -0.3 is 11.1 Å². The largest absolute Gasteiger partial charge is 0.370 e. The van der Waals surface area contributed by atoms with E-state index in [9.17, 15) is 0 Å². The van der Waals surface area contributed by atoms with E-state index in [1.54, 1.807) is 6.20 Å². The maximum Gasteiger partial charge on any atom is 0.188 e. The van der Waals surface area contributed by atoms with Crippen molar-refractivity contribution < 1.29 is 0 Å². The highest BCUT2D eigenvalue weighted by Crippen LogP contribution is 2.04. The number of nitrogens with one attached hydrogen (secondary N) is 1. The lowest BCUT2D eigenvalue weighted by Gasteiger charge is -2.05. The smallest absolute Gasteiger partial charge is 0.188 e. The summed E-state index contributed by atoms with van der Waals surface area (Å²) in [6.45, 7) is 3.73. The van der Waals surface area contributed by atoms with E-state index in [1.807, 2.05) is 18.3 Å². The molecule has 0 radical (unpaired) electrons. The van der Waals surface area contributed by atoms with Gasteiger partial charge in [0, 0.05) is 18.9 Å². The number of nitrogens with two attached hydrogens (primary N) is 1. The van der Waals surface area contributed by atoms with E-state index in [0.29, 0.717) is 12.5 Å². The van der Waals surface area contributed by atoms with Gasteiger partial charge in [0.15, 0.2) is 5.96 Å². The van der Waals surface area contributed by atoms with Crippen LogP contribution in [-0.4, -0.2) is 17.5 Å². The summed E-state index contributed by atoms with van der Waals surface area (Å²) < 4.78 is 0. The SMILES string of the molecule is CCCCCCCCNC(N)=NCc1cccnc1.I. The summed E-state index contributed by atoms with van der Waals surface area (Å²) in [6.07, 6.45) is 11.3. The summed E-state index contributed by atoms with van der Waals surface area (Å²) >= 11 is 0. The van der Waals surface area contributed by atoms with Crippen molar-refractivity contribution in [1.29, 1.82) is 0 Å². The third-order valence-corrected chi connectivity index (χ3v) is 2.99. The fraction of sp³-hybridized carbons (Fsp3) is 0.600. The molecule has 0 saturated carbocycles. The zero-order chi connectivity index (χ0) is 13.8. The molecule has 0 atom stereocenters. The number of hydrogen-bond donors (Lipinski definition) is 2. The molecule has 0 spiro atoms. The predicted molar refractivity (Wildman–Crippen MR) is 96.4 cm³/mol. The maximum atomic E-state index is 5.80. The van der Waals surface area contributed by atoms with Gasteiger partial charge in [0.05, 0.1) is 6.54 Å². The van der Waals surface area contributed by atoms with Crippen molar-refractivity contribution in [2.75, 3.05) is 6.54 Å². The molecule has 5 heteroatoms. The van der Waals surface area contributed by atoms with Gasteiger partial charge in [-0.15, -0.1) is 24.0 Å². The van der Waals surface area contributed by atoms with Crippen LogP contribution in [0.5, 0.6) is 0 Å². The molecule has 1 aromatic heterocycles. The van der Waals surface area contributed by atoms with Crippen molar-refractivity contribution in [2.45, 2.75) is 52.0 Å². The second kappa shape index (κ2) is 13.1. The van der Waals surface area contributed by atoms with Crippen LogP contribution in [0, 0.1) is 0 Å². The molecule has 114 valence electrons. The number of guanidine groups is 1. The van der Waals surface area contributed by atoms with Crippen LogP contribution in [0.4, 0.5) is 0 Å². The van der Waals surface area contributed by atoms with Gasteiger partial charge in [0.1, 0.15) is 0 Å². The molecule has 0 amide bonds. The minimum atomic E-state index is 0. The molecule has 0 aliphatic carbocycles. The molecule has 1 heterocycles. The number of aliphatic imine (C=N–C) groups is 1. The second-order valence-corrected chi connectivity index (χ2v) is 4.76. The summed E-state index contributed by atoms with van der Waals surface area (Å²) in [6, 6.07) is 3.91. The lowest BCUT2D eigenvalue weighted by Crippen LogP contribution is -2.32. The van der Waals surface area contributed by atoms with Crippen LogP contribution in [0.3, 0.4) is 0 Å². The number of aromatic nitrogens is 1. The Hall–Kier alpha value is -0.850. The molecule has 0 aliphatic heterocycles. The average molecular weight is 390 g/mol. The Bertz CT molecular complexity index is 354. The Morgan fingerprint density at radius 3 is 2.70 bits per heavy atom. The van der Waals surface area contributed by atoms with Crippen molar-refractivity contribution in [3.63, 3.8) is 0 Å². The van der Waals surface area contributed by atoms with E-state index in [0.717, 1.165) is 18.5 Å². The zero-order valence-electron chi connectivity index (χ0n) is 12.3. The standard InChI is InChI=1S/C15H26N4.HI/c1-2-3-4-5-6-7-11-18-15(16)19-13-14-9-8-10-17-12-14;/h8-10,12H,2-7,11,13H2,1H3,(H3,16,18,19);1H. The number of halogens is 1. The fourth-order valence-corrected chi connectivity index (χ4v) is 1.85. The van der Waals surface area contributed by atoms with Crippen LogP contribution in [0.25, 0.3) is 0 Å². The van der Waals surface area contributed by atoms with Gasteiger partial charge in [0.25, 0.3) is 0 Å². The van der Waals surface area contributed by atoms with Crippen LogP contribution in [0.1, 0.15) is 51.0 Å². The predicted octanol–water partition coefficient (Wildman–Crippen LogP) is 3.46. The molecule has 0 aliphatic rings. The molecule has 0 saturated heterocycles. The molecule has 3 N–H and O–H groups in total. The Morgan fingerprint density at radius 1 is 1.25 bits per heavy atom. The number of nitrogens with zero attached hydrogens (tertiary/aromatic N) is 2. The monoisotopic (exact) mass is 390 g/mol. The average Bonchev–Trinajstić information content (AvgIpc) is 2.45. The summed E-state index contributed by atoms with van der Waals surface area (Å²) in [5, 5.41) is 3.15. The lowest BCUT2D eigenvalue weighted by atomic mass is 10.1. The van der Waals surface area contributed by atoms with E-state index >= 15 is 0 Å². The molecule has 1 aromatic rings. The Kier molecular flexibility index (Phi) is 12.6. The molecular weight excluding hydrogens is 363 g/mol. The van der Waals surface area contributed by atoms with Crippen molar-refractivity contribution >= 4 is 29.9 Å². The molecule has 20 heavy (non-hydrogen) atoms. The normalized spacial score (nSPS) is 10.9. The zero-order valence-corrected chi connectivity index (χ0v) is 14.7. The van der Waals surface area contributed by atoms with Crippen LogP contribution in [-0.2, 0) is 6.54 Å². The summed E-state index contributed by atoms with van der Waals surface area (Å²) in [5.74, 6) is 0.525. The second-order valence-electron chi connectivity index (χ2n) is 4.76. The highest BCUT2D eigenvalue weighted by Gasteiger charge is 1.94.